The molecule has 1 aromatic carbocycles. The number of benzene rings is 1. The Morgan fingerprint density at radius 1 is 1.31 bits per heavy atom. The summed E-state index contributed by atoms with van der Waals surface area (Å²) in [5.41, 5.74) is 2.42. The summed E-state index contributed by atoms with van der Waals surface area (Å²) in [4.78, 5) is 25.7. The predicted octanol–water partition coefficient (Wildman–Crippen LogP) is 2.20. The monoisotopic (exact) mass is 360 g/mol. The number of aromatic nitrogens is 2. The van der Waals surface area contributed by atoms with Crippen molar-refractivity contribution in [3.63, 3.8) is 0 Å². The molecule has 1 aromatic heterocycles. The van der Waals surface area contributed by atoms with Crippen LogP contribution in [0.4, 0.5) is 9.18 Å². The summed E-state index contributed by atoms with van der Waals surface area (Å²) in [6.07, 6.45) is 0.449. The van der Waals surface area contributed by atoms with E-state index in [1.165, 1.54) is 12.1 Å². The van der Waals surface area contributed by atoms with E-state index in [2.05, 4.69) is 10.4 Å². The molecule has 1 fully saturated rings. The highest BCUT2D eigenvalue weighted by molar-refractivity contribution is 5.96. The lowest BCUT2D eigenvalue weighted by Gasteiger charge is -2.26. The molecule has 1 N–H and O–H groups in total. The van der Waals surface area contributed by atoms with E-state index in [1.807, 2.05) is 0 Å². The van der Waals surface area contributed by atoms with Crippen molar-refractivity contribution in [2.75, 3.05) is 26.2 Å². The summed E-state index contributed by atoms with van der Waals surface area (Å²) >= 11 is 0. The number of cyclic esters (lactones) is 1. The number of amides is 2. The van der Waals surface area contributed by atoms with Crippen molar-refractivity contribution in [2.24, 2.45) is 0 Å². The molecule has 1 aliphatic heterocycles. The maximum absolute atomic E-state index is 13.1. The smallest absolute Gasteiger partial charge is 0.409 e. The number of ether oxygens (including phenoxy) is 1. The Labute approximate surface area is 150 Å². The Bertz CT molecular complexity index is 817. The number of nitrogens with one attached hydrogen (secondary N) is 1. The van der Waals surface area contributed by atoms with Gasteiger partial charge in [-0.2, -0.15) is 5.10 Å². The Morgan fingerprint density at radius 3 is 2.73 bits per heavy atom. The molecule has 0 aliphatic carbocycles. The summed E-state index contributed by atoms with van der Waals surface area (Å²) in [5.74, 6) is -0.580. The molecule has 26 heavy (non-hydrogen) atoms. The first-order valence-electron chi connectivity index (χ1n) is 8.49. The van der Waals surface area contributed by atoms with E-state index in [1.54, 1.807) is 35.6 Å². The zero-order valence-electron chi connectivity index (χ0n) is 14.8. The van der Waals surface area contributed by atoms with Gasteiger partial charge < -0.3 is 15.0 Å². The zero-order chi connectivity index (χ0) is 18.7. The van der Waals surface area contributed by atoms with Gasteiger partial charge in [-0.25, -0.2) is 13.9 Å². The lowest BCUT2D eigenvalue weighted by Crippen LogP contribution is -2.42. The van der Waals surface area contributed by atoms with Crippen LogP contribution in [0.2, 0.25) is 0 Å². The predicted molar refractivity (Wildman–Crippen MR) is 92.9 cm³/mol. The minimum atomic E-state index is -0.345. The topological polar surface area (TPSA) is 76.5 Å². The van der Waals surface area contributed by atoms with E-state index >= 15 is 0 Å². The van der Waals surface area contributed by atoms with Gasteiger partial charge in [0.15, 0.2) is 0 Å². The molecule has 0 bridgehead atoms. The minimum absolute atomic E-state index is 0.251. The lowest BCUT2D eigenvalue weighted by molar-refractivity contribution is 0.0719. The van der Waals surface area contributed by atoms with Gasteiger partial charge in [0, 0.05) is 19.6 Å². The second-order valence-electron chi connectivity index (χ2n) is 6.14. The SMILES string of the molecule is Cc1nn(-c2ccc(F)cc2)c(C)c1C(=O)NCCN1CCCOC1=O. The molecule has 2 aromatic rings. The van der Waals surface area contributed by atoms with Gasteiger partial charge in [0.1, 0.15) is 5.82 Å². The first-order valence-corrected chi connectivity index (χ1v) is 8.49. The number of nitrogens with zero attached hydrogens (tertiary/aromatic N) is 3. The molecule has 0 atom stereocenters. The average Bonchev–Trinajstić information content (AvgIpc) is 2.92. The highest BCUT2D eigenvalue weighted by Gasteiger charge is 2.21. The summed E-state index contributed by atoms with van der Waals surface area (Å²) in [6.45, 7) is 5.35. The number of carbonyl (C=O) groups excluding carboxylic acids is 2. The van der Waals surface area contributed by atoms with Crippen LogP contribution in [-0.4, -0.2) is 52.9 Å². The van der Waals surface area contributed by atoms with Gasteiger partial charge in [-0.1, -0.05) is 0 Å². The van der Waals surface area contributed by atoms with Crippen LogP contribution in [0.15, 0.2) is 24.3 Å². The quantitative estimate of drug-likeness (QED) is 0.887. The summed E-state index contributed by atoms with van der Waals surface area (Å²) in [7, 11) is 0. The second-order valence-corrected chi connectivity index (χ2v) is 6.14. The Kier molecular flexibility index (Phi) is 5.20. The fourth-order valence-electron chi connectivity index (χ4n) is 3.00. The van der Waals surface area contributed by atoms with Gasteiger partial charge in [0.05, 0.1) is 29.2 Å². The molecule has 2 heterocycles. The fraction of sp³-hybridized carbons (Fsp3) is 0.389. The number of rotatable bonds is 5. The summed E-state index contributed by atoms with van der Waals surface area (Å²) in [6, 6.07) is 5.92. The number of halogens is 1. The van der Waals surface area contributed by atoms with Crippen LogP contribution in [0.1, 0.15) is 28.2 Å². The largest absolute Gasteiger partial charge is 0.449 e. The maximum Gasteiger partial charge on any atom is 0.409 e. The van der Waals surface area contributed by atoms with E-state index in [-0.39, 0.29) is 17.8 Å². The van der Waals surface area contributed by atoms with Crippen LogP contribution in [0.25, 0.3) is 5.69 Å². The third-order valence-electron chi connectivity index (χ3n) is 4.31. The van der Waals surface area contributed by atoms with Crippen molar-refractivity contribution in [1.29, 1.82) is 0 Å². The number of hydrogen-bond acceptors (Lipinski definition) is 4. The van der Waals surface area contributed by atoms with Crippen LogP contribution in [0.3, 0.4) is 0 Å². The molecule has 3 rings (SSSR count). The summed E-state index contributed by atoms with van der Waals surface area (Å²) in [5, 5.41) is 7.21. The molecule has 0 unspecified atom stereocenters. The molecule has 138 valence electrons. The molecule has 0 spiro atoms. The van der Waals surface area contributed by atoms with Crippen molar-refractivity contribution >= 4 is 12.0 Å². The third kappa shape index (κ3) is 3.68. The molecule has 8 heteroatoms. The van der Waals surface area contributed by atoms with Gasteiger partial charge in [-0.15, -0.1) is 0 Å². The number of hydrogen-bond donors (Lipinski definition) is 1. The fourth-order valence-corrected chi connectivity index (χ4v) is 3.00. The lowest BCUT2D eigenvalue weighted by atomic mass is 10.2. The van der Waals surface area contributed by atoms with E-state index in [0.717, 1.165) is 6.42 Å². The maximum atomic E-state index is 13.1. The van der Waals surface area contributed by atoms with Crippen molar-refractivity contribution in [1.82, 2.24) is 20.0 Å². The van der Waals surface area contributed by atoms with Crippen LogP contribution in [0, 0.1) is 19.7 Å². The third-order valence-corrected chi connectivity index (χ3v) is 4.31. The molecular weight excluding hydrogens is 339 g/mol. The van der Waals surface area contributed by atoms with Crippen LogP contribution >= 0.6 is 0 Å². The minimum Gasteiger partial charge on any atom is -0.449 e. The van der Waals surface area contributed by atoms with Crippen molar-refractivity contribution in [3.8, 4) is 5.69 Å². The Morgan fingerprint density at radius 2 is 2.04 bits per heavy atom. The highest BCUT2D eigenvalue weighted by atomic mass is 19.1. The van der Waals surface area contributed by atoms with Crippen molar-refractivity contribution < 1.29 is 18.7 Å². The molecule has 7 nitrogen and oxygen atoms in total. The van der Waals surface area contributed by atoms with Gasteiger partial charge in [-0.3, -0.25) is 4.79 Å². The molecular formula is C18H21FN4O3. The zero-order valence-corrected chi connectivity index (χ0v) is 14.8. The first-order chi connectivity index (χ1) is 12.5. The van der Waals surface area contributed by atoms with Crippen LogP contribution in [0.5, 0.6) is 0 Å². The van der Waals surface area contributed by atoms with E-state index in [0.29, 0.717) is 48.9 Å². The molecule has 0 saturated carbocycles. The summed E-state index contributed by atoms with van der Waals surface area (Å²) < 4.78 is 19.7. The number of carbonyl (C=O) groups is 2. The standard InChI is InChI=1S/C18H21FN4O3/c1-12-16(13(2)23(21-12)15-6-4-14(19)5-7-15)17(24)20-8-10-22-9-3-11-26-18(22)25/h4-7H,3,8-11H2,1-2H3,(H,20,24). The number of aryl methyl sites for hydroxylation is 1. The molecule has 2 amide bonds. The van der Waals surface area contributed by atoms with Crippen LogP contribution in [-0.2, 0) is 4.74 Å². The Hall–Kier alpha value is -2.90. The average molecular weight is 360 g/mol. The van der Waals surface area contributed by atoms with Crippen LogP contribution < -0.4 is 5.32 Å². The van der Waals surface area contributed by atoms with Crippen molar-refractivity contribution in [2.45, 2.75) is 20.3 Å². The normalized spacial score (nSPS) is 14.3. The first kappa shape index (κ1) is 17.9. The van der Waals surface area contributed by atoms with Gasteiger partial charge in [0.25, 0.3) is 5.91 Å². The second kappa shape index (κ2) is 7.55. The van der Waals surface area contributed by atoms with E-state index < -0.39 is 0 Å². The van der Waals surface area contributed by atoms with Gasteiger partial charge in [0.2, 0.25) is 0 Å². The van der Waals surface area contributed by atoms with E-state index in [9.17, 15) is 14.0 Å². The van der Waals surface area contributed by atoms with Gasteiger partial charge in [-0.05, 0) is 44.5 Å². The molecule has 0 radical (unpaired) electrons. The molecule has 1 aliphatic rings. The highest BCUT2D eigenvalue weighted by Crippen LogP contribution is 2.18. The Balaban J connectivity index is 1.67. The van der Waals surface area contributed by atoms with E-state index in [4.69, 9.17) is 4.74 Å². The van der Waals surface area contributed by atoms with Crippen molar-refractivity contribution in [3.05, 3.63) is 47.0 Å². The van der Waals surface area contributed by atoms with Gasteiger partial charge >= 0.3 is 6.09 Å². The molecule has 1 saturated heterocycles.